The van der Waals surface area contributed by atoms with E-state index >= 15 is 0 Å². The highest BCUT2D eigenvalue weighted by Crippen LogP contribution is 2.19. The smallest absolute Gasteiger partial charge is 0.191 e. The van der Waals surface area contributed by atoms with Crippen LogP contribution in [-0.4, -0.2) is 37.3 Å². The van der Waals surface area contributed by atoms with Crippen LogP contribution in [0.2, 0.25) is 0 Å². The van der Waals surface area contributed by atoms with E-state index in [9.17, 15) is 5.11 Å². The molecule has 1 aliphatic rings. The van der Waals surface area contributed by atoms with E-state index in [1.54, 1.807) is 5.57 Å². The third-order valence-corrected chi connectivity index (χ3v) is 4.32. The second-order valence-electron chi connectivity index (χ2n) is 7.01. The predicted octanol–water partition coefficient (Wildman–Crippen LogP) is 4.09. The van der Waals surface area contributed by atoms with E-state index in [0.717, 1.165) is 44.9 Å². The van der Waals surface area contributed by atoms with Gasteiger partial charge in [0.1, 0.15) is 0 Å². The number of allylic oxidation sites excluding steroid dienone is 1. The molecule has 0 aromatic rings. The Morgan fingerprint density at radius 3 is 2.67 bits per heavy atom. The minimum Gasteiger partial charge on any atom is -0.396 e. The van der Waals surface area contributed by atoms with E-state index in [1.807, 2.05) is 0 Å². The number of nitrogens with zero attached hydrogens (tertiary/aromatic N) is 1. The number of nitrogens with one attached hydrogen (secondary N) is 2. The lowest BCUT2D eigenvalue weighted by Gasteiger charge is -2.18. The first-order chi connectivity index (χ1) is 11.2. The number of aliphatic hydroxyl groups excluding tert-OH is 1. The van der Waals surface area contributed by atoms with Crippen molar-refractivity contribution in [3.05, 3.63) is 11.6 Å². The average molecular weight is 451 g/mol. The predicted molar refractivity (Wildman–Crippen MR) is 115 cm³/mol. The maximum Gasteiger partial charge on any atom is 0.191 e. The normalized spacial score (nSPS) is 16.4. The molecule has 3 N–H and O–H groups in total. The van der Waals surface area contributed by atoms with Gasteiger partial charge in [-0.25, -0.2) is 0 Å². The van der Waals surface area contributed by atoms with E-state index in [2.05, 4.69) is 37.5 Å². The zero-order chi connectivity index (χ0) is 16.9. The molecule has 1 aliphatic carbocycles. The highest BCUT2D eigenvalue weighted by atomic mass is 127. The molecule has 1 rings (SSSR count). The maximum atomic E-state index is 9.22. The van der Waals surface area contributed by atoms with Gasteiger partial charge in [-0.1, -0.05) is 25.5 Å². The van der Waals surface area contributed by atoms with E-state index in [1.165, 1.54) is 25.7 Å². The van der Waals surface area contributed by atoms with Gasteiger partial charge in [-0.05, 0) is 63.7 Å². The van der Waals surface area contributed by atoms with E-state index < -0.39 is 0 Å². The second kappa shape index (κ2) is 15.0. The van der Waals surface area contributed by atoms with Crippen molar-refractivity contribution < 1.29 is 5.11 Å². The fourth-order valence-corrected chi connectivity index (χ4v) is 3.17. The van der Waals surface area contributed by atoms with E-state index in [-0.39, 0.29) is 30.6 Å². The van der Waals surface area contributed by atoms with Crippen LogP contribution in [0.5, 0.6) is 0 Å². The van der Waals surface area contributed by atoms with Crippen molar-refractivity contribution in [2.75, 3.05) is 26.2 Å². The van der Waals surface area contributed by atoms with Crippen molar-refractivity contribution in [1.29, 1.82) is 0 Å². The lowest BCUT2D eigenvalue weighted by Crippen LogP contribution is -2.38. The summed E-state index contributed by atoms with van der Waals surface area (Å²) >= 11 is 0. The van der Waals surface area contributed by atoms with Crippen LogP contribution in [0.25, 0.3) is 0 Å². The van der Waals surface area contributed by atoms with Crippen molar-refractivity contribution in [3.8, 4) is 0 Å². The number of aliphatic hydroxyl groups is 1. The molecule has 24 heavy (non-hydrogen) atoms. The fraction of sp³-hybridized carbons (Fsp3) is 0.842. The zero-order valence-electron chi connectivity index (χ0n) is 15.8. The first-order valence-corrected chi connectivity index (χ1v) is 9.46. The molecule has 0 bridgehead atoms. The molecular formula is C19H38IN3O. The fourth-order valence-electron chi connectivity index (χ4n) is 3.17. The van der Waals surface area contributed by atoms with Gasteiger partial charge in [-0.2, -0.15) is 0 Å². The number of rotatable bonds is 10. The van der Waals surface area contributed by atoms with Gasteiger partial charge in [0, 0.05) is 26.2 Å². The SMILES string of the molecule is CCNC(=NCC(CCO)CC(C)C)NCCC1=CCCCC1.I. The Morgan fingerprint density at radius 2 is 2.08 bits per heavy atom. The number of hydrogen-bond acceptors (Lipinski definition) is 2. The van der Waals surface area contributed by atoms with Crippen LogP contribution in [0.15, 0.2) is 16.6 Å². The van der Waals surface area contributed by atoms with Gasteiger partial charge in [0.15, 0.2) is 5.96 Å². The lowest BCUT2D eigenvalue weighted by molar-refractivity contribution is 0.245. The van der Waals surface area contributed by atoms with Gasteiger partial charge in [-0.3, -0.25) is 4.99 Å². The third-order valence-electron chi connectivity index (χ3n) is 4.32. The van der Waals surface area contributed by atoms with Gasteiger partial charge in [0.25, 0.3) is 0 Å². The minimum atomic E-state index is 0. The summed E-state index contributed by atoms with van der Waals surface area (Å²) in [6.07, 6.45) is 10.7. The maximum absolute atomic E-state index is 9.22. The highest BCUT2D eigenvalue weighted by molar-refractivity contribution is 14.0. The molecule has 142 valence electrons. The number of aliphatic imine (C=N–C) groups is 1. The Hall–Kier alpha value is -0.300. The molecule has 1 unspecified atom stereocenters. The Kier molecular flexibility index (Phi) is 14.8. The van der Waals surface area contributed by atoms with Gasteiger partial charge in [0.2, 0.25) is 0 Å². The molecule has 0 radical (unpaired) electrons. The van der Waals surface area contributed by atoms with Crippen molar-refractivity contribution in [2.45, 2.75) is 65.7 Å². The molecule has 4 nitrogen and oxygen atoms in total. The first kappa shape index (κ1) is 23.7. The highest BCUT2D eigenvalue weighted by Gasteiger charge is 2.11. The molecule has 0 aromatic heterocycles. The average Bonchev–Trinajstić information content (AvgIpc) is 2.53. The second-order valence-corrected chi connectivity index (χ2v) is 7.01. The van der Waals surface area contributed by atoms with Gasteiger partial charge >= 0.3 is 0 Å². The molecule has 0 heterocycles. The molecular weight excluding hydrogens is 413 g/mol. The van der Waals surface area contributed by atoms with Gasteiger partial charge < -0.3 is 15.7 Å². The monoisotopic (exact) mass is 451 g/mol. The minimum absolute atomic E-state index is 0. The molecule has 0 saturated heterocycles. The van der Waals surface area contributed by atoms with Crippen LogP contribution in [0.3, 0.4) is 0 Å². The van der Waals surface area contributed by atoms with E-state index in [4.69, 9.17) is 4.99 Å². The van der Waals surface area contributed by atoms with Crippen LogP contribution in [0.1, 0.15) is 65.7 Å². The molecule has 0 amide bonds. The Balaban J connectivity index is 0.00000529. The lowest BCUT2D eigenvalue weighted by atomic mass is 9.94. The van der Waals surface area contributed by atoms with Crippen molar-refractivity contribution >= 4 is 29.9 Å². The zero-order valence-corrected chi connectivity index (χ0v) is 18.1. The Labute approximate surface area is 166 Å². The third kappa shape index (κ3) is 11.3. The first-order valence-electron chi connectivity index (χ1n) is 9.46. The molecule has 5 heteroatoms. The summed E-state index contributed by atoms with van der Waals surface area (Å²) < 4.78 is 0. The van der Waals surface area contributed by atoms with Crippen LogP contribution in [0.4, 0.5) is 0 Å². The summed E-state index contributed by atoms with van der Waals surface area (Å²) in [4.78, 5) is 4.73. The summed E-state index contributed by atoms with van der Waals surface area (Å²) in [6, 6.07) is 0. The quantitative estimate of drug-likeness (QED) is 0.203. The summed E-state index contributed by atoms with van der Waals surface area (Å²) in [5.74, 6) is 2.03. The number of hydrogen-bond donors (Lipinski definition) is 3. The summed E-state index contributed by atoms with van der Waals surface area (Å²) in [7, 11) is 0. The van der Waals surface area contributed by atoms with Crippen LogP contribution in [-0.2, 0) is 0 Å². The molecule has 0 fully saturated rings. The van der Waals surface area contributed by atoms with Gasteiger partial charge in [-0.15, -0.1) is 24.0 Å². The Bertz CT molecular complexity index is 370. The molecule has 0 saturated carbocycles. The van der Waals surface area contributed by atoms with Crippen LogP contribution < -0.4 is 10.6 Å². The molecule has 0 spiro atoms. The molecule has 1 atom stereocenters. The Morgan fingerprint density at radius 1 is 1.29 bits per heavy atom. The standard InChI is InChI=1S/C19H37N3O.HI/c1-4-20-19(21-12-10-17-8-6-5-7-9-17)22-15-18(11-13-23)14-16(2)3;/h8,16,18,23H,4-7,9-15H2,1-3H3,(H2,20,21,22);1H. The van der Waals surface area contributed by atoms with Crippen molar-refractivity contribution in [3.63, 3.8) is 0 Å². The summed E-state index contributed by atoms with van der Waals surface area (Å²) in [5.41, 5.74) is 1.59. The van der Waals surface area contributed by atoms with Crippen molar-refractivity contribution in [2.24, 2.45) is 16.8 Å². The van der Waals surface area contributed by atoms with Gasteiger partial charge in [0.05, 0.1) is 0 Å². The number of halogens is 1. The summed E-state index contributed by atoms with van der Waals surface area (Å²) in [6.45, 7) is 9.43. The molecule has 0 aromatic carbocycles. The van der Waals surface area contributed by atoms with E-state index in [0.29, 0.717) is 11.8 Å². The van der Waals surface area contributed by atoms with Crippen LogP contribution in [0, 0.1) is 11.8 Å². The summed E-state index contributed by atoms with van der Waals surface area (Å²) in [5, 5.41) is 16.0. The number of guanidine groups is 1. The largest absolute Gasteiger partial charge is 0.396 e. The molecule has 0 aliphatic heterocycles. The van der Waals surface area contributed by atoms with Crippen LogP contribution >= 0.6 is 24.0 Å². The topological polar surface area (TPSA) is 56.7 Å². The van der Waals surface area contributed by atoms with Crippen molar-refractivity contribution in [1.82, 2.24) is 10.6 Å².